The maximum atomic E-state index is 14.8. The zero-order valence-corrected chi connectivity index (χ0v) is 18.1. The zero-order valence-electron chi connectivity index (χ0n) is 18.1. The monoisotopic (exact) mass is 422 g/mol. The summed E-state index contributed by atoms with van der Waals surface area (Å²) >= 11 is 0. The minimum absolute atomic E-state index is 0.147. The lowest BCUT2D eigenvalue weighted by Crippen LogP contribution is -2.44. The predicted octanol–water partition coefficient (Wildman–Crippen LogP) is 4.80. The van der Waals surface area contributed by atoms with Gasteiger partial charge in [-0.3, -0.25) is 0 Å². The average molecular weight is 423 g/mol. The molecule has 2 aliphatic heterocycles. The third-order valence-electron chi connectivity index (χ3n) is 6.64. The molecule has 162 valence electrons. The first-order valence-electron chi connectivity index (χ1n) is 11.0. The summed E-state index contributed by atoms with van der Waals surface area (Å²) in [5.74, 6) is -2.04. The number of rotatable bonds is 2. The lowest BCUT2D eigenvalue weighted by molar-refractivity contribution is -0.00967. The second kappa shape index (κ2) is 7.75. The summed E-state index contributed by atoms with van der Waals surface area (Å²) in [6, 6.07) is 15.3. The molecular formula is C25H28F2N4. The Morgan fingerprint density at radius 2 is 1.68 bits per heavy atom. The van der Waals surface area contributed by atoms with Crippen LogP contribution in [0.25, 0.3) is 10.9 Å². The maximum Gasteiger partial charge on any atom is 0.275 e. The molecule has 0 saturated carbocycles. The van der Waals surface area contributed by atoms with Gasteiger partial charge in [-0.1, -0.05) is 42.5 Å². The van der Waals surface area contributed by atoms with Gasteiger partial charge in [0.15, 0.2) is 0 Å². The molecule has 4 nitrogen and oxygen atoms in total. The Bertz CT molecular complexity index is 1110. The molecule has 0 spiro atoms. The Hall–Kier alpha value is -2.73. The molecule has 1 saturated heterocycles. The highest BCUT2D eigenvalue weighted by Crippen LogP contribution is 2.39. The molecule has 3 heterocycles. The number of hydrogen-bond donors (Lipinski definition) is 0. The Kier molecular flexibility index (Phi) is 5.05. The number of hydrogen-bond acceptors (Lipinski definition) is 4. The molecule has 1 aromatic heterocycles. The van der Waals surface area contributed by atoms with Gasteiger partial charge in [0.1, 0.15) is 5.82 Å². The summed E-state index contributed by atoms with van der Waals surface area (Å²) < 4.78 is 29.6. The zero-order chi connectivity index (χ0) is 21.6. The van der Waals surface area contributed by atoms with Crippen LogP contribution in [0.4, 0.5) is 20.3 Å². The van der Waals surface area contributed by atoms with Crippen LogP contribution in [-0.2, 0) is 12.5 Å². The number of piperazine rings is 1. The number of likely N-dealkylation sites (N-methyl/N-ethyl adjacent to an activating group) is 1. The first kappa shape index (κ1) is 20.2. The molecule has 2 aliphatic rings. The van der Waals surface area contributed by atoms with E-state index < -0.39 is 5.92 Å². The summed E-state index contributed by atoms with van der Waals surface area (Å²) in [4.78, 5) is 11.7. The number of benzene rings is 2. The second-order valence-electron chi connectivity index (χ2n) is 8.79. The minimum atomic E-state index is -2.82. The Labute approximate surface area is 182 Å². The van der Waals surface area contributed by atoms with Crippen molar-refractivity contribution >= 4 is 22.4 Å². The van der Waals surface area contributed by atoms with Crippen molar-refractivity contribution < 1.29 is 8.78 Å². The van der Waals surface area contributed by atoms with Crippen molar-refractivity contribution in [2.45, 2.75) is 25.8 Å². The standard InChI is InChI=1S/C25H28F2N4/c1-18-6-5-8-20-22(30-14-12-29(2)13-15-30)16-23(28-24(18)20)31-11-10-25(26,27)21-9-4-3-7-19(21)17-31/h3-9,16H,10-15,17H2,1-2H3. The summed E-state index contributed by atoms with van der Waals surface area (Å²) in [5, 5.41) is 1.13. The van der Waals surface area contributed by atoms with E-state index in [4.69, 9.17) is 4.98 Å². The molecule has 0 N–H and O–H groups in total. The number of para-hydroxylation sites is 1. The second-order valence-corrected chi connectivity index (χ2v) is 8.79. The highest BCUT2D eigenvalue weighted by Gasteiger charge is 2.37. The van der Waals surface area contributed by atoms with E-state index in [0.29, 0.717) is 12.1 Å². The largest absolute Gasteiger partial charge is 0.368 e. The Morgan fingerprint density at radius 3 is 2.48 bits per heavy atom. The molecule has 1 fully saturated rings. The molecule has 31 heavy (non-hydrogen) atoms. The van der Waals surface area contributed by atoms with Crippen molar-refractivity contribution in [1.29, 1.82) is 0 Å². The number of pyridine rings is 1. The van der Waals surface area contributed by atoms with E-state index in [0.717, 1.165) is 54.2 Å². The van der Waals surface area contributed by atoms with Gasteiger partial charge in [-0.25, -0.2) is 13.8 Å². The number of nitrogens with zero attached hydrogens (tertiary/aromatic N) is 4. The van der Waals surface area contributed by atoms with E-state index in [1.54, 1.807) is 12.1 Å². The van der Waals surface area contributed by atoms with Crippen LogP contribution in [0.1, 0.15) is 23.1 Å². The molecule has 0 unspecified atom stereocenters. The van der Waals surface area contributed by atoms with Gasteiger partial charge in [0.05, 0.1) is 5.52 Å². The predicted molar refractivity (Wildman–Crippen MR) is 122 cm³/mol. The van der Waals surface area contributed by atoms with Crippen molar-refractivity contribution in [2.24, 2.45) is 0 Å². The topological polar surface area (TPSA) is 22.6 Å². The number of aryl methyl sites for hydroxylation is 1. The molecule has 5 rings (SSSR count). The van der Waals surface area contributed by atoms with Crippen LogP contribution >= 0.6 is 0 Å². The lowest BCUT2D eigenvalue weighted by Gasteiger charge is -2.35. The summed E-state index contributed by atoms with van der Waals surface area (Å²) in [6.45, 7) is 6.70. The third kappa shape index (κ3) is 3.74. The van der Waals surface area contributed by atoms with Gasteiger partial charge >= 0.3 is 0 Å². The summed E-state index contributed by atoms with van der Waals surface area (Å²) in [5.41, 5.74) is 4.04. The van der Waals surface area contributed by atoms with Crippen molar-refractivity contribution in [3.63, 3.8) is 0 Å². The Balaban J connectivity index is 1.60. The number of fused-ring (bicyclic) bond motifs is 2. The molecular weight excluding hydrogens is 394 g/mol. The van der Waals surface area contributed by atoms with Crippen LogP contribution < -0.4 is 9.80 Å². The molecule has 6 heteroatoms. The summed E-state index contributed by atoms with van der Waals surface area (Å²) in [6.07, 6.45) is -0.207. The molecule has 0 atom stereocenters. The number of alkyl halides is 2. The van der Waals surface area contributed by atoms with Crippen LogP contribution in [0.2, 0.25) is 0 Å². The molecule has 2 aromatic carbocycles. The quantitative estimate of drug-likeness (QED) is 0.592. The fourth-order valence-electron chi connectivity index (χ4n) is 4.74. The number of aromatic nitrogens is 1. The van der Waals surface area contributed by atoms with E-state index in [2.05, 4.69) is 48.0 Å². The van der Waals surface area contributed by atoms with Gasteiger partial charge in [0.2, 0.25) is 0 Å². The van der Waals surface area contributed by atoms with Crippen LogP contribution in [0.15, 0.2) is 48.5 Å². The van der Waals surface area contributed by atoms with Gasteiger partial charge in [-0.15, -0.1) is 0 Å². The first-order valence-corrected chi connectivity index (χ1v) is 11.0. The normalized spacial score (nSPS) is 19.4. The fraction of sp³-hybridized carbons (Fsp3) is 0.400. The molecule has 0 aliphatic carbocycles. The van der Waals surface area contributed by atoms with Crippen molar-refractivity contribution in [3.05, 3.63) is 65.2 Å². The molecule has 0 amide bonds. The van der Waals surface area contributed by atoms with Crippen LogP contribution in [0, 0.1) is 6.92 Å². The summed E-state index contributed by atoms with van der Waals surface area (Å²) in [7, 11) is 2.15. The average Bonchev–Trinajstić information content (AvgIpc) is 2.90. The molecule has 0 radical (unpaired) electrons. The molecule has 3 aromatic rings. The van der Waals surface area contributed by atoms with Gasteiger partial charge in [-0.2, -0.15) is 0 Å². The van der Waals surface area contributed by atoms with E-state index in [-0.39, 0.29) is 18.5 Å². The van der Waals surface area contributed by atoms with Gasteiger partial charge in [0.25, 0.3) is 5.92 Å². The lowest BCUT2D eigenvalue weighted by atomic mass is 10.0. The van der Waals surface area contributed by atoms with Crippen LogP contribution in [-0.4, -0.2) is 49.7 Å². The first-order chi connectivity index (χ1) is 14.9. The smallest absolute Gasteiger partial charge is 0.275 e. The van der Waals surface area contributed by atoms with E-state index in [1.807, 2.05) is 17.0 Å². The molecule has 0 bridgehead atoms. The van der Waals surface area contributed by atoms with Crippen molar-refractivity contribution in [2.75, 3.05) is 49.6 Å². The number of anilines is 2. The van der Waals surface area contributed by atoms with Crippen LogP contribution in [0.5, 0.6) is 0 Å². The highest BCUT2D eigenvalue weighted by molar-refractivity contribution is 5.95. The minimum Gasteiger partial charge on any atom is -0.368 e. The van der Waals surface area contributed by atoms with Crippen LogP contribution in [0.3, 0.4) is 0 Å². The SMILES string of the molecule is Cc1cccc2c(N3CCN(C)CC3)cc(N3CCC(F)(F)c4ccccc4C3)nc12. The Morgan fingerprint density at radius 1 is 0.903 bits per heavy atom. The highest BCUT2D eigenvalue weighted by atomic mass is 19.3. The van der Waals surface area contributed by atoms with E-state index >= 15 is 0 Å². The van der Waals surface area contributed by atoms with Crippen molar-refractivity contribution in [3.8, 4) is 0 Å². The van der Waals surface area contributed by atoms with E-state index in [9.17, 15) is 8.78 Å². The van der Waals surface area contributed by atoms with E-state index in [1.165, 1.54) is 0 Å². The van der Waals surface area contributed by atoms with Gasteiger partial charge < -0.3 is 14.7 Å². The van der Waals surface area contributed by atoms with Gasteiger partial charge in [-0.05, 0) is 25.1 Å². The third-order valence-corrected chi connectivity index (χ3v) is 6.64. The number of halogens is 2. The van der Waals surface area contributed by atoms with Gasteiger partial charge in [0, 0.05) is 68.4 Å². The maximum absolute atomic E-state index is 14.8. The van der Waals surface area contributed by atoms with Crippen molar-refractivity contribution in [1.82, 2.24) is 9.88 Å². The fourth-order valence-corrected chi connectivity index (χ4v) is 4.74.